The molecule has 1 aliphatic heterocycles. The maximum absolute atomic E-state index is 13.3. The van der Waals surface area contributed by atoms with Crippen LogP contribution >= 0.6 is 11.3 Å². The van der Waals surface area contributed by atoms with Crippen molar-refractivity contribution in [2.45, 2.75) is 33.0 Å². The van der Waals surface area contributed by atoms with Crippen LogP contribution in [0.25, 0.3) is 11.3 Å². The highest BCUT2D eigenvalue weighted by molar-refractivity contribution is 7.09. The first kappa shape index (κ1) is 17.7. The van der Waals surface area contributed by atoms with Crippen molar-refractivity contribution in [1.82, 2.24) is 14.0 Å². The Balaban J connectivity index is 1.64. The molecule has 0 N–H and O–H groups in total. The van der Waals surface area contributed by atoms with Crippen molar-refractivity contribution in [2.75, 3.05) is 6.54 Å². The molecule has 3 heterocycles. The monoisotopic (exact) mass is 385 g/mol. The molecule has 140 valence electrons. The molecule has 7 heteroatoms. The van der Waals surface area contributed by atoms with Gasteiger partial charge in [-0.15, -0.1) is 0 Å². The minimum atomic E-state index is -0.332. The number of halogens is 1. The van der Waals surface area contributed by atoms with Gasteiger partial charge in [0.05, 0.1) is 11.7 Å². The molecule has 1 atom stereocenters. The number of carbonyl (C=O) groups is 1. The van der Waals surface area contributed by atoms with E-state index in [2.05, 4.69) is 4.57 Å². The Kier molecular flexibility index (Phi) is 4.47. The topological polar surface area (TPSA) is 47.2 Å². The number of carbonyl (C=O) groups excluding carboxylic acids is 1. The summed E-state index contributed by atoms with van der Waals surface area (Å²) in [4.78, 5) is 28.0. The molecule has 1 aliphatic rings. The average Bonchev–Trinajstić information content (AvgIpc) is 3.22. The van der Waals surface area contributed by atoms with E-state index in [1.54, 1.807) is 12.1 Å². The Hall–Kier alpha value is -2.67. The highest BCUT2D eigenvalue weighted by Gasteiger charge is 2.28. The van der Waals surface area contributed by atoms with Crippen molar-refractivity contribution in [3.8, 4) is 11.3 Å². The largest absolute Gasteiger partial charge is 0.348 e. The van der Waals surface area contributed by atoms with Gasteiger partial charge < -0.3 is 9.47 Å². The molecule has 1 aromatic carbocycles. The van der Waals surface area contributed by atoms with E-state index in [0.29, 0.717) is 12.2 Å². The van der Waals surface area contributed by atoms with Gasteiger partial charge in [0.1, 0.15) is 12.4 Å². The van der Waals surface area contributed by atoms with Gasteiger partial charge in [0.2, 0.25) is 5.91 Å². The molecule has 0 saturated heterocycles. The van der Waals surface area contributed by atoms with Gasteiger partial charge in [-0.25, -0.2) is 4.39 Å². The van der Waals surface area contributed by atoms with E-state index >= 15 is 0 Å². The molecular formula is C20H20FN3O2S. The molecule has 1 amide bonds. The Labute approximate surface area is 160 Å². The summed E-state index contributed by atoms with van der Waals surface area (Å²) in [7, 11) is 0. The Morgan fingerprint density at radius 1 is 1.22 bits per heavy atom. The molecule has 0 spiro atoms. The number of aryl methyl sites for hydroxylation is 1. The predicted octanol–water partition coefficient (Wildman–Crippen LogP) is 3.43. The highest BCUT2D eigenvalue weighted by atomic mass is 32.1. The van der Waals surface area contributed by atoms with Crippen LogP contribution in [0.5, 0.6) is 0 Å². The van der Waals surface area contributed by atoms with Gasteiger partial charge >= 0.3 is 4.87 Å². The fourth-order valence-electron chi connectivity index (χ4n) is 3.77. The second-order valence-corrected chi connectivity index (χ2v) is 7.92. The summed E-state index contributed by atoms with van der Waals surface area (Å²) in [6.07, 6.45) is 2.02. The van der Waals surface area contributed by atoms with Crippen LogP contribution in [0.2, 0.25) is 0 Å². The van der Waals surface area contributed by atoms with Crippen molar-refractivity contribution in [3.05, 3.63) is 68.7 Å². The molecule has 0 fully saturated rings. The van der Waals surface area contributed by atoms with Crippen LogP contribution in [0.15, 0.2) is 47.4 Å². The SMILES string of the molecule is Cc1sc(=O)n(CC(=O)N2CCn3cccc3C2C)c1-c1ccc(F)cc1. The zero-order chi connectivity index (χ0) is 19.1. The van der Waals surface area contributed by atoms with Gasteiger partial charge in [-0.2, -0.15) is 0 Å². The number of rotatable bonds is 3. The second kappa shape index (κ2) is 6.81. The Morgan fingerprint density at radius 3 is 2.70 bits per heavy atom. The molecular weight excluding hydrogens is 365 g/mol. The molecule has 1 unspecified atom stereocenters. The zero-order valence-corrected chi connectivity index (χ0v) is 16.0. The average molecular weight is 385 g/mol. The number of hydrogen-bond donors (Lipinski definition) is 0. The highest BCUT2D eigenvalue weighted by Crippen LogP contribution is 2.28. The fourth-order valence-corrected chi connectivity index (χ4v) is 4.62. The van der Waals surface area contributed by atoms with E-state index in [1.807, 2.05) is 37.1 Å². The number of nitrogens with zero attached hydrogens (tertiary/aromatic N) is 3. The quantitative estimate of drug-likeness (QED) is 0.694. The number of benzene rings is 1. The lowest BCUT2D eigenvalue weighted by Crippen LogP contribution is -2.43. The first-order chi connectivity index (χ1) is 13.0. The Morgan fingerprint density at radius 2 is 1.96 bits per heavy atom. The minimum absolute atomic E-state index is 0.0130. The second-order valence-electron chi connectivity index (χ2n) is 6.76. The van der Waals surface area contributed by atoms with Crippen LogP contribution in [0.1, 0.15) is 23.5 Å². The lowest BCUT2D eigenvalue weighted by molar-refractivity contribution is -0.135. The summed E-state index contributed by atoms with van der Waals surface area (Å²) in [5.41, 5.74) is 2.52. The fraction of sp³-hybridized carbons (Fsp3) is 0.300. The predicted molar refractivity (Wildman–Crippen MR) is 103 cm³/mol. The van der Waals surface area contributed by atoms with Gasteiger partial charge in [-0.05, 0) is 55.8 Å². The first-order valence-electron chi connectivity index (χ1n) is 8.86. The summed E-state index contributed by atoms with van der Waals surface area (Å²) < 4.78 is 16.9. The van der Waals surface area contributed by atoms with Crippen molar-refractivity contribution < 1.29 is 9.18 Å². The summed E-state index contributed by atoms with van der Waals surface area (Å²) in [5.74, 6) is -0.417. The van der Waals surface area contributed by atoms with Crippen LogP contribution in [-0.2, 0) is 17.9 Å². The van der Waals surface area contributed by atoms with Crippen LogP contribution in [0.4, 0.5) is 4.39 Å². The molecule has 4 rings (SSSR count). The first-order valence-corrected chi connectivity index (χ1v) is 9.68. The third-order valence-corrected chi connectivity index (χ3v) is 6.03. The number of thiazole rings is 1. The van der Waals surface area contributed by atoms with Crippen molar-refractivity contribution >= 4 is 17.2 Å². The molecule has 3 aromatic rings. The molecule has 2 aromatic heterocycles. The van der Waals surface area contributed by atoms with Crippen molar-refractivity contribution in [1.29, 1.82) is 0 Å². The van der Waals surface area contributed by atoms with E-state index in [-0.39, 0.29) is 29.2 Å². The summed E-state index contributed by atoms with van der Waals surface area (Å²) in [6, 6.07) is 9.98. The lowest BCUT2D eigenvalue weighted by Gasteiger charge is -2.35. The van der Waals surface area contributed by atoms with Gasteiger partial charge in [-0.1, -0.05) is 11.3 Å². The lowest BCUT2D eigenvalue weighted by atomic mass is 10.1. The van der Waals surface area contributed by atoms with Crippen molar-refractivity contribution in [3.63, 3.8) is 0 Å². The molecule has 0 radical (unpaired) electrons. The summed E-state index contributed by atoms with van der Waals surface area (Å²) in [5, 5.41) is 0. The molecule has 0 saturated carbocycles. The van der Waals surface area contributed by atoms with Crippen LogP contribution in [0.3, 0.4) is 0 Å². The third-order valence-electron chi connectivity index (χ3n) is 5.14. The maximum Gasteiger partial charge on any atom is 0.308 e. The van der Waals surface area contributed by atoms with E-state index in [0.717, 1.165) is 34.0 Å². The van der Waals surface area contributed by atoms with Crippen LogP contribution < -0.4 is 4.87 Å². The van der Waals surface area contributed by atoms with Gasteiger partial charge in [0, 0.05) is 29.9 Å². The number of hydrogen-bond acceptors (Lipinski definition) is 3. The van der Waals surface area contributed by atoms with E-state index in [4.69, 9.17) is 0 Å². The molecule has 0 bridgehead atoms. The molecule has 5 nitrogen and oxygen atoms in total. The third kappa shape index (κ3) is 3.12. The zero-order valence-electron chi connectivity index (χ0n) is 15.2. The van der Waals surface area contributed by atoms with Crippen LogP contribution in [0, 0.1) is 12.7 Å². The maximum atomic E-state index is 13.3. The normalized spacial score (nSPS) is 16.4. The smallest absolute Gasteiger partial charge is 0.308 e. The van der Waals surface area contributed by atoms with E-state index < -0.39 is 0 Å². The Bertz CT molecular complexity index is 1050. The number of aromatic nitrogens is 2. The van der Waals surface area contributed by atoms with Gasteiger partial charge in [0.15, 0.2) is 0 Å². The van der Waals surface area contributed by atoms with E-state index in [9.17, 15) is 14.0 Å². The number of fused-ring (bicyclic) bond motifs is 1. The standard InChI is InChI=1S/C20H20FN3O2S/c1-13-17-4-3-9-22(17)10-11-23(13)18(25)12-24-19(14(2)27-20(24)26)15-5-7-16(21)8-6-15/h3-9,13H,10-12H2,1-2H3. The number of amides is 1. The van der Waals surface area contributed by atoms with E-state index in [1.165, 1.54) is 16.7 Å². The van der Waals surface area contributed by atoms with Gasteiger partial charge in [-0.3, -0.25) is 14.2 Å². The van der Waals surface area contributed by atoms with Crippen molar-refractivity contribution in [2.24, 2.45) is 0 Å². The summed E-state index contributed by atoms with van der Waals surface area (Å²) in [6.45, 7) is 5.21. The molecule has 0 aliphatic carbocycles. The summed E-state index contributed by atoms with van der Waals surface area (Å²) >= 11 is 1.11. The van der Waals surface area contributed by atoms with Crippen LogP contribution in [-0.4, -0.2) is 26.5 Å². The minimum Gasteiger partial charge on any atom is -0.348 e. The van der Waals surface area contributed by atoms with Gasteiger partial charge in [0.25, 0.3) is 0 Å². The molecule has 27 heavy (non-hydrogen) atoms.